The van der Waals surface area contributed by atoms with Crippen molar-refractivity contribution in [3.63, 3.8) is 0 Å². The summed E-state index contributed by atoms with van der Waals surface area (Å²) in [5, 5.41) is 88.2. The summed E-state index contributed by atoms with van der Waals surface area (Å²) >= 11 is 0. The van der Waals surface area contributed by atoms with Crippen molar-refractivity contribution in [1.82, 2.24) is 10.2 Å². The van der Waals surface area contributed by atoms with Gasteiger partial charge in [-0.25, -0.2) is 0 Å². The van der Waals surface area contributed by atoms with Crippen LogP contribution in [-0.2, 0) is 38.0 Å². The lowest BCUT2D eigenvalue weighted by atomic mass is 9.96. The zero-order valence-electron chi connectivity index (χ0n) is 43.4. The number of hydrogen-bond acceptors (Lipinski definition) is 16. The van der Waals surface area contributed by atoms with Crippen molar-refractivity contribution in [2.24, 2.45) is 0 Å². The van der Waals surface area contributed by atoms with Gasteiger partial charge in [0.2, 0.25) is 11.8 Å². The van der Waals surface area contributed by atoms with Crippen molar-refractivity contribution in [1.29, 1.82) is 0 Å². The van der Waals surface area contributed by atoms with E-state index in [1.54, 1.807) is 0 Å². The molecule has 9 N–H and O–H groups in total. The van der Waals surface area contributed by atoms with Crippen molar-refractivity contribution < 1.29 is 78.9 Å². The Bertz CT molecular complexity index is 1360. The molecule has 3 rings (SSSR count). The van der Waals surface area contributed by atoms with Crippen LogP contribution in [0.4, 0.5) is 0 Å². The summed E-state index contributed by atoms with van der Waals surface area (Å²) in [4.78, 5) is 28.7. The van der Waals surface area contributed by atoms with Gasteiger partial charge < -0.3 is 79.5 Å². The molecule has 18 heteroatoms. The molecule has 3 heterocycles. The van der Waals surface area contributed by atoms with Crippen LogP contribution in [0.2, 0.25) is 0 Å². The quantitative estimate of drug-likeness (QED) is 0.0382. The summed E-state index contributed by atoms with van der Waals surface area (Å²) in [5.74, 6) is -0.852. The fourth-order valence-corrected chi connectivity index (χ4v) is 9.51. The second kappa shape index (κ2) is 36.3. The zero-order valence-corrected chi connectivity index (χ0v) is 43.4. The van der Waals surface area contributed by atoms with Crippen LogP contribution >= 0.6 is 0 Å². The van der Waals surface area contributed by atoms with Crippen LogP contribution < -0.4 is 5.32 Å². The third-order valence-electron chi connectivity index (χ3n) is 14.2. The summed E-state index contributed by atoms with van der Waals surface area (Å²) < 4.78 is 35.1. The molecule has 0 aromatic rings. The standard InChI is InChI=1S/C52H98N2O16/c1-5-7-9-11-13-15-17-18-19-20-21-22-23-25-27-29-31-53-39(56)33-54(32-30-28-26-24-16-14-12-10-8-6-2)40(57)35-65-52-49(70-51-46(63)44(61)42(59)37(4)67-51)47(64)48(38(34-55)68-52)69-50-45(62)43(60)41(58)36(3)66-50/h36-38,41-52,55,58-64H,5-35H2,1-4H3,(H,53,56)/t36-,37-,38+,41-,42-,43+,44+,45+,46+,47-,48+,49+,50-,51-,52+/m0/s1. The molecule has 0 bridgehead atoms. The van der Waals surface area contributed by atoms with Crippen LogP contribution in [0.1, 0.15) is 195 Å². The fraction of sp³-hybridized carbons (Fsp3) is 0.962. The lowest BCUT2D eigenvalue weighted by molar-refractivity contribution is -0.384. The van der Waals surface area contributed by atoms with E-state index in [-0.39, 0.29) is 19.0 Å². The lowest BCUT2D eigenvalue weighted by Gasteiger charge is -2.48. The van der Waals surface area contributed by atoms with E-state index in [4.69, 9.17) is 28.4 Å². The van der Waals surface area contributed by atoms with Crippen LogP contribution in [0, 0.1) is 0 Å². The molecule has 0 saturated carbocycles. The Balaban J connectivity index is 1.59. The Morgan fingerprint density at radius 1 is 0.486 bits per heavy atom. The number of carbonyl (C=O) groups excluding carboxylic acids is 2. The third kappa shape index (κ3) is 22.5. The first-order valence-electron chi connectivity index (χ1n) is 27.6. The third-order valence-corrected chi connectivity index (χ3v) is 14.2. The predicted molar refractivity (Wildman–Crippen MR) is 263 cm³/mol. The molecule has 3 aliphatic rings. The van der Waals surface area contributed by atoms with Crippen LogP contribution in [-0.4, -0.2) is 183 Å². The Labute approximate surface area is 419 Å². The van der Waals surface area contributed by atoms with Gasteiger partial charge in [-0.3, -0.25) is 9.59 Å². The molecule has 3 aliphatic heterocycles. The van der Waals surface area contributed by atoms with Gasteiger partial charge >= 0.3 is 0 Å². The predicted octanol–water partition coefficient (Wildman–Crippen LogP) is 4.63. The number of aliphatic hydroxyl groups is 8. The summed E-state index contributed by atoms with van der Waals surface area (Å²) in [6, 6.07) is 0. The molecule has 3 fully saturated rings. The number of aliphatic hydroxyl groups excluding tert-OH is 8. The molecule has 0 aliphatic carbocycles. The highest BCUT2D eigenvalue weighted by molar-refractivity contribution is 5.85. The summed E-state index contributed by atoms with van der Waals surface area (Å²) in [6.45, 7) is 6.48. The second-order valence-electron chi connectivity index (χ2n) is 20.2. The van der Waals surface area contributed by atoms with E-state index in [1.165, 1.54) is 134 Å². The van der Waals surface area contributed by atoms with Crippen LogP contribution in [0.5, 0.6) is 0 Å². The maximum atomic E-state index is 14.0. The highest BCUT2D eigenvalue weighted by Crippen LogP contribution is 2.33. The number of hydrogen-bond donors (Lipinski definition) is 9. The molecule has 0 aromatic heterocycles. The topological polar surface area (TPSA) is 267 Å². The molecule has 2 amide bonds. The first-order chi connectivity index (χ1) is 33.7. The van der Waals surface area contributed by atoms with Crippen LogP contribution in [0.15, 0.2) is 0 Å². The molecule has 412 valence electrons. The minimum atomic E-state index is -1.82. The van der Waals surface area contributed by atoms with E-state index in [0.717, 1.165) is 44.9 Å². The smallest absolute Gasteiger partial charge is 0.249 e. The summed E-state index contributed by atoms with van der Waals surface area (Å²) in [7, 11) is 0. The number of rotatable bonds is 38. The van der Waals surface area contributed by atoms with Gasteiger partial charge in [0, 0.05) is 13.1 Å². The molecule has 0 spiro atoms. The van der Waals surface area contributed by atoms with E-state index >= 15 is 0 Å². The Hall–Kier alpha value is -1.62. The Morgan fingerprint density at radius 2 is 0.886 bits per heavy atom. The van der Waals surface area contributed by atoms with Gasteiger partial charge in [0.15, 0.2) is 18.9 Å². The van der Waals surface area contributed by atoms with Gasteiger partial charge in [-0.2, -0.15) is 0 Å². The minimum Gasteiger partial charge on any atom is -0.394 e. The molecule has 70 heavy (non-hydrogen) atoms. The highest BCUT2D eigenvalue weighted by atomic mass is 16.8. The maximum absolute atomic E-state index is 14.0. The van der Waals surface area contributed by atoms with E-state index in [1.807, 2.05) is 0 Å². The van der Waals surface area contributed by atoms with Gasteiger partial charge in [-0.05, 0) is 26.7 Å². The fourth-order valence-electron chi connectivity index (χ4n) is 9.51. The Morgan fingerprint density at radius 3 is 1.31 bits per heavy atom. The van der Waals surface area contributed by atoms with E-state index in [9.17, 15) is 50.4 Å². The number of unbranched alkanes of at least 4 members (excludes halogenated alkanes) is 24. The molecule has 15 atom stereocenters. The van der Waals surface area contributed by atoms with Gasteiger partial charge in [-0.15, -0.1) is 0 Å². The molecular weight excluding hydrogens is 909 g/mol. The number of nitrogens with one attached hydrogen (secondary N) is 1. The maximum Gasteiger partial charge on any atom is 0.249 e. The van der Waals surface area contributed by atoms with Gasteiger partial charge in [0.05, 0.1) is 25.4 Å². The Kier molecular flexibility index (Phi) is 32.5. The molecule has 18 nitrogen and oxygen atoms in total. The average Bonchev–Trinajstić information content (AvgIpc) is 3.35. The highest BCUT2D eigenvalue weighted by Gasteiger charge is 2.53. The monoisotopic (exact) mass is 1010 g/mol. The van der Waals surface area contributed by atoms with Gasteiger partial charge in [0.25, 0.3) is 0 Å². The number of ether oxygens (including phenoxy) is 6. The first kappa shape index (κ1) is 62.7. The van der Waals surface area contributed by atoms with Gasteiger partial charge in [0.1, 0.15) is 67.6 Å². The molecule has 0 unspecified atom stereocenters. The first-order valence-corrected chi connectivity index (χ1v) is 27.6. The van der Waals surface area contributed by atoms with E-state index < -0.39 is 111 Å². The van der Waals surface area contributed by atoms with Gasteiger partial charge in [-0.1, -0.05) is 168 Å². The minimum absolute atomic E-state index is 0.204. The van der Waals surface area contributed by atoms with Crippen molar-refractivity contribution in [3.8, 4) is 0 Å². The number of amides is 2. The molecule has 0 aromatic carbocycles. The largest absolute Gasteiger partial charge is 0.394 e. The number of nitrogens with zero attached hydrogens (tertiary/aromatic N) is 1. The average molecular weight is 1010 g/mol. The normalized spacial score (nSPS) is 31.5. The van der Waals surface area contributed by atoms with Crippen molar-refractivity contribution in [3.05, 3.63) is 0 Å². The van der Waals surface area contributed by atoms with E-state index in [0.29, 0.717) is 13.0 Å². The van der Waals surface area contributed by atoms with E-state index in [2.05, 4.69) is 19.2 Å². The lowest BCUT2D eigenvalue weighted by Crippen LogP contribution is -2.66. The van der Waals surface area contributed by atoms with Crippen LogP contribution in [0.25, 0.3) is 0 Å². The summed E-state index contributed by atoms with van der Waals surface area (Å²) in [5.41, 5.74) is 0. The van der Waals surface area contributed by atoms with Crippen LogP contribution in [0.3, 0.4) is 0 Å². The summed E-state index contributed by atoms with van der Waals surface area (Å²) in [6.07, 6.45) is 7.67. The molecule has 3 saturated heterocycles. The van der Waals surface area contributed by atoms with Crippen molar-refractivity contribution in [2.45, 2.75) is 287 Å². The molecular formula is C52H98N2O16. The SMILES string of the molecule is CCCCCCCCCCCCCCCCCCNC(=O)CN(CCCCCCCCCCCC)C(=O)CO[C@@H]1O[C@H](CO)[C@@H](O[C@@H]2O[C@@H](C)[C@H](O)[C@@H](O)[C@H]2O)[C@H](O)[C@H]1O[C@@H]1O[C@@H](C)[C@H](O)[C@@H](O)[C@H]1O. The van der Waals surface area contributed by atoms with Crippen molar-refractivity contribution >= 4 is 11.8 Å². The van der Waals surface area contributed by atoms with Crippen molar-refractivity contribution in [2.75, 3.05) is 32.8 Å². The second-order valence-corrected chi connectivity index (χ2v) is 20.2. The number of carbonyl (C=O) groups is 2. The zero-order chi connectivity index (χ0) is 51.3. The molecule has 0 radical (unpaired) electrons.